The lowest BCUT2D eigenvalue weighted by Crippen LogP contribution is -2.35. The third-order valence-corrected chi connectivity index (χ3v) is 3.08. The van der Waals surface area contributed by atoms with Crippen LogP contribution >= 0.6 is 15.9 Å². The second kappa shape index (κ2) is 4.74. The molecule has 0 aromatic rings. The van der Waals surface area contributed by atoms with Crippen LogP contribution in [0.2, 0.25) is 0 Å². The highest BCUT2D eigenvalue weighted by molar-refractivity contribution is 9.10. The summed E-state index contributed by atoms with van der Waals surface area (Å²) in [6.07, 6.45) is 2.37. The number of halogens is 1. The Morgan fingerprint density at radius 3 is 2.92 bits per heavy atom. The summed E-state index contributed by atoms with van der Waals surface area (Å²) in [4.78, 5) is 22.6. The molecular weight excluding hydrogens is 236 g/mol. The van der Waals surface area contributed by atoms with E-state index in [1.165, 1.54) is 0 Å². The van der Waals surface area contributed by atoms with Gasteiger partial charge in [0.05, 0.1) is 11.4 Å². The van der Waals surface area contributed by atoms with E-state index in [0.717, 1.165) is 12.8 Å². The highest BCUT2D eigenvalue weighted by Crippen LogP contribution is 2.26. The van der Waals surface area contributed by atoms with Gasteiger partial charge in [-0.1, -0.05) is 22.4 Å². The molecule has 13 heavy (non-hydrogen) atoms. The van der Waals surface area contributed by atoms with Crippen LogP contribution < -0.4 is 0 Å². The van der Waals surface area contributed by atoms with Gasteiger partial charge in [-0.2, -0.15) is 0 Å². The van der Waals surface area contributed by atoms with Crippen molar-refractivity contribution < 1.29 is 14.3 Å². The topological polar surface area (TPSA) is 43.4 Å². The fourth-order valence-corrected chi connectivity index (χ4v) is 2.12. The molecule has 0 amide bonds. The normalized spacial score (nSPS) is 28.6. The summed E-state index contributed by atoms with van der Waals surface area (Å²) in [5.74, 6) is -0.917. The Hall–Kier alpha value is -0.380. The summed E-state index contributed by atoms with van der Waals surface area (Å²) in [6, 6.07) is 0. The monoisotopic (exact) mass is 248 g/mol. The molecule has 0 aliphatic heterocycles. The average molecular weight is 249 g/mol. The van der Waals surface area contributed by atoms with Gasteiger partial charge in [0, 0.05) is 0 Å². The van der Waals surface area contributed by atoms with E-state index < -0.39 is 5.92 Å². The molecule has 0 N–H and O–H groups in total. The molecule has 0 aromatic heterocycles. The highest BCUT2D eigenvalue weighted by Gasteiger charge is 2.35. The lowest BCUT2D eigenvalue weighted by Gasteiger charge is -2.22. The zero-order valence-corrected chi connectivity index (χ0v) is 9.17. The van der Waals surface area contributed by atoms with Gasteiger partial charge in [0.25, 0.3) is 0 Å². The first kappa shape index (κ1) is 10.7. The number of rotatable bonds is 2. The van der Waals surface area contributed by atoms with Crippen LogP contribution in [0.1, 0.15) is 26.2 Å². The number of hydrogen-bond donors (Lipinski definition) is 0. The van der Waals surface area contributed by atoms with Gasteiger partial charge in [0.15, 0.2) is 5.78 Å². The molecular formula is C9H13BrO3. The van der Waals surface area contributed by atoms with Gasteiger partial charge in [-0.25, -0.2) is 0 Å². The first-order chi connectivity index (χ1) is 6.16. The number of Topliss-reactive ketones (excluding diaryl/α,β-unsaturated/α-hetero) is 1. The molecule has 74 valence electrons. The molecule has 4 heteroatoms. The van der Waals surface area contributed by atoms with Crippen molar-refractivity contribution in [1.82, 2.24) is 0 Å². The summed E-state index contributed by atoms with van der Waals surface area (Å²) in [5.41, 5.74) is 0. The third-order valence-electron chi connectivity index (χ3n) is 2.17. The van der Waals surface area contributed by atoms with Gasteiger partial charge in [-0.3, -0.25) is 9.59 Å². The molecule has 1 aliphatic carbocycles. The quantitative estimate of drug-likeness (QED) is 0.425. The number of carbonyl (C=O) groups is 2. The van der Waals surface area contributed by atoms with E-state index in [9.17, 15) is 9.59 Å². The van der Waals surface area contributed by atoms with Crippen LogP contribution in [0.25, 0.3) is 0 Å². The molecule has 1 fully saturated rings. The van der Waals surface area contributed by atoms with E-state index in [2.05, 4.69) is 15.9 Å². The minimum atomic E-state index is -0.530. The fourth-order valence-electron chi connectivity index (χ4n) is 1.48. The Balaban J connectivity index is 2.57. The van der Waals surface area contributed by atoms with Crippen molar-refractivity contribution in [3.8, 4) is 0 Å². The largest absolute Gasteiger partial charge is 0.465 e. The molecule has 3 nitrogen and oxygen atoms in total. The standard InChI is InChI=1S/C9H13BrO3/c1-2-13-9(12)6-4-3-5-7(10)8(6)11/h6-7H,2-5H2,1H3/t6-,7+/m0/s1. The van der Waals surface area contributed by atoms with Crippen LogP contribution in [0, 0.1) is 5.92 Å². The molecule has 0 heterocycles. The molecule has 1 aliphatic rings. The molecule has 0 spiro atoms. The Morgan fingerprint density at radius 2 is 2.31 bits per heavy atom. The van der Waals surface area contributed by atoms with Crippen molar-refractivity contribution in [1.29, 1.82) is 0 Å². The molecule has 2 atom stereocenters. The number of esters is 1. The lowest BCUT2D eigenvalue weighted by molar-refractivity contribution is -0.152. The number of ketones is 1. The van der Waals surface area contributed by atoms with Crippen molar-refractivity contribution in [2.45, 2.75) is 31.0 Å². The maximum absolute atomic E-state index is 11.5. The summed E-state index contributed by atoms with van der Waals surface area (Å²) in [6.45, 7) is 2.09. The van der Waals surface area contributed by atoms with Crippen molar-refractivity contribution in [2.75, 3.05) is 6.61 Å². The van der Waals surface area contributed by atoms with E-state index in [1.807, 2.05) is 0 Å². The van der Waals surface area contributed by atoms with Crippen molar-refractivity contribution >= 4 is 27.7 Å². The zero-order valence-electron chi connectivity index (χ0n) is 7.59. The summed E-state index contributed by atoms with van der Waals surface area (Å²) in [7, 11) is 0. The first-order valence-corrected chi connectivity index (χ1v) is 5.42. The van der Waals surface area contributed by atoms with E-state index in [1.54, 1.807) is 6.92 Å². The Labute approximate surface area is 86.0 Å². The molecule has 0 radical (unpaired) electrons. The summed E-state index contributed by atoms with van der Waals surface area (Å²) >= 11 is 3.26. The zero-order chi connectivity index (χ0) is 9.84. The maximum Gasteiger partial charge on any atom is 0.316 e. The number of alkyl halides is 1. The van der Waals surface area contributed by atoms with Crippen LogP contribution in [0.4, 0.5) is 0 Å². The van der Waals surface area contributed by atoms with Gasteiger partial charge in [-0.15, -0.1) is 0 Å². The second-order valence-electron chi connectivity index (χ2n) is 3.11. The van der Waals surface area contributed by atoms with Crippen molar-refractivity contribution in [3.05, 3.63) is 0 Å². The predicted octanol–water partition coefficient (Wildman–Crippen LogP) is 1.68. The van der Waals surface area contributed by atoms with Gasteiger partial charge in [0.2, 0.25) is 0 Å². The van der Waals surface area contributed by atoms with Crippen LogP contribution in [0.3, 0.4) is 0 Å². The van der Waals surface area contributed by atoms with E-state index >= 15 is 0 Å². The third kappa shape index (κ3) is 2.53. The first-order valence-electron chi connectivity index (χ1n) is 4.51. The lowest BCUT2D eigenvalue weighted by atomic mass is 9.88. The number of hydrogen-bond acceptors (Lipinski definition) is 3. The average Bonchev–Trinajstić information content (AvgIpc) is 2.10. The van der Waals surface area contributed by atoms with Gasteiger partial charge in [0.1, 0.15) is 5.92 Å². The second-order valence-corrected chi connectivity index (χ2v) is 4.21. The molecule has 1 rings (SSSR count). The Kier molecular flexibility index (Phi) is 3.90. The number of ether oxygens (including phenoxy) is 1. The summed E-state index contributed by atoms with van der Waals surface area (Å²) in [5, 5.41) is 0. The summed E-state index contributed by atoms with van der Waals surface area (Å²) < 4.78 is 4.82. The van der Waals surface area contributed by atoms with Gasteiger partial charge < -0.3 is 4.74 Å². The van der Waals surface area contributed by atoms with E-state index in [-0.39, 0.29) is 16.6 Å². The molecule has 1 saturated carbocycles. The smallest absolute Gasteiger partial charge is 0.316 e. The van der Waals surface area contributed by atoms with Crippen LogP contribution in [0.15, 0.2) is 0 Å². The van der Waals surface area contributed by atoms with Gasteiger partial charge >= 0.3 is 5.97 Å². The predicted molar refractivity (Wildman–Crippen MR) is 51.7 cm³/mol. The highest BCUT2D eigenvalue weighted by atomic mass is 79.9. The Morgan fingerprint density at radius 1 is 1.62 bits per heavy atom. The SMILES string of the molecule is CCOC(=O)[C@H]1CCC[C@@H](Br)C1=O. The van der Waals surface area contributed by atoms with Crippen molar-refractivity contribution in [2.24, 2.45) is 5.92 Å². The number of carbonyl (C=O) groups excluding carboxylic acids is 2. The minimum absolute atomic E-state index is 0.0234. The Bertz CT molecular complexity index is 215. The van der Waals surface area contributed by atoms with E-state index in [0.29, 0.717) is 13.0 Å². The fraction of sp³-hybridized carbons (Fsp3) is 0.778. The van der Waals surface area contributed by atoms with Crippen molar-refractivity contribution in [3.63, 3.8) is 0 Å². The van der Waals surface area contributed by atoms with Gasteiger partial charge in [-0.05, 0) is 19.8 Å². The molecule has 0 saturated heterocycles. The maximum atomic E-state index is 11.5. The molecule has 0 unspecified atom stereocenters. The van der Waals surface area contributed by atoms with E-state index in [4.69, 9.17) is 4.74 Å². The molecule has 0 bridgehead atoms. The minimum Gasteiger partial charge on any atom is -0.465 e. The van der Waals surface area contributed by atoms with Crippen LogP contribution in [0.5, 0.6) is 0 Å². The molecule has 0 aromatic carbocycles. The van der Waals surface area contributed by atoms with Crippen LogP contribution in [-0.2, 0) is 14.3 Å². The van der Waals surface area contributed by atoms with Crippen LogP contribution in [-0.4, -0.2) is 23.2 Å².